The van der Waals surface area contributed by atoms with Gasteiger partial charge in [0.2, 0.25) is 0 Å². The quantitative estimate of drug-likeness (QED) is 0.746. The number of aromatic nitrogens is 1. The van der Waals surface area contributed by atoms with Gasteiger partial charge in [-0.3, -0.25) is 0 Å². The molecule has 0 aromatic carbocycles. The monoisotopic (exact) mass is 293 g/mol. The summed E-state index contributed by atoms with van der Waals surface area (Å²) >= 11 is 0. The minimum Gasteiger partial charge on any atom is -0.476 e. The fourth-order valence-corrected chi connectivity index (χ4v) is 1.72. The average Bonchev–Trinajstić information content (AvgIpc) is 3.27. The molecule has 2 rings (SSSR count). The number of urea groups is 1. The molecular formula is C14H19N3O4. The van der Waals surface area contributed by atoms with Crippen LogP contribution in [0.5, 0.6) is 0 Å². The number of nitrogens with zero attached hydrogens (tertiary/aromatic N) is 2. The van der Waals surface area contributed by atoms with Crippen molar-refractivity contribution in [1.29, 1.82) is 0 Å². The molecule has 7 heteroatoms. The van der Waals surface area contributed by atoms with Crippen LogP contribution in [0, 0.1) is 5.92 Å². The lowest BCUT2D eigenvalue weighted by Crippen LogP contribution is -2.34. The Hall–Kier alpha value is -2.15. The summed E-state index contributed by atoms with van der Waals surface area (Å²) in [7, 11) is 1.63. The summed E-state index contributed by atoms with van der Waals surface area (Å²) in [5.74, 6) is -0.487. The number of ether oxygens (including phenoxy) is 1. The first-order valence-electron chi connectivity index (χ1n) is 6.86. The largest absolute Gasteiger partial charge is 0.476 e. The molecule has 1 saturated carbocycles. The Balaban J connectivity index is 1.80. The molecule has 114 valence electrons. The zero-order valence-corrected chi connectivity index (χ0v) is 11.9. The van der Waals surface area contributed by atoms with Crippen molar-refractivity contribution in [2.75, 3.05) is 32.1 Å². The van der Waals surface area contributed by atoms with Gasteiger partial charge in [-0.25, -0.2) is 14.6 Å². The molecule has 0 bridgehead atoms. The fourth-order valence-electron chi connectivity index (χ4n) is 1.72. The summed E-state index contributed by atoms with van der Waals surface area (Å²) in [5.41, 5.74) is 0.00461. The fraction of sp³-hybridized carbons (Fsp3) is 0.500. The second kappa shape index (κ2) is 7.03. The van der Waals surface area contributed by atoms with Crippen LogP contribution in [0.3, 0.4) is 0 Å². The van der Waals surface area contributed by atoms with Gasteiger partial charge in [0.15, 0.2) is 5.69 Å². The Morgan fingerprint density at radius 2 is 2.29 bits per heavy atom. The molecule has 1 fully saturated rings. The van der Waals surface area contributed by atoms with Gasteiger partial charge < -0.3 is 20.1 Å². The number of pyridine rings is 1. The number of nitrogens with one attached hydrogen (secondary N) is 1. The van der Waals surface area contributed by atoms with E-state index in [0.717, 1.165) is 6.61 Å². The molecule has 0 atom stereocenters. The van der Waals surface area contributed by atoms with E-state index < -0.39 is 5.97 Å². The third-order valence-electron chi connectivity index (χ3n) is 3.22. The highest BCUT2D eigenvalue weighted by molar-refractivity contribution is 5.98. The molecule has 0 aliphatic heterocycles. The van der Waals surface area contributed by atoms with Crippen molar-refractivity contribution >= 4 is 17.7 Å². The maximum atomic E-state index is 12.0. The summed E-state index contributed by atoms with van der Waals surface area (Å²) in [5, 5.41) is 11.5. The van der Waals surface area contributed by atoms with Crippen LogP contribution in [0.2, 0.25) is 0 Å². The van der Waals surface area contributed by atoms with Crippen LogP contribution in [0.4, 0.5) is 10.5 Å². The summed E-state index contributed by atoms with van der Waals surface area (Å²) < 4.78 is 5.46. The zero-order chi connectivity index (χ0) is 15.2. The van der Waals surface area contributed by atoms with Crippen LogP contribution >= 0.6 is 0 Å². The van der Waals surface area contributed by atoms with E-state index in [1.807, 2.05) is 0 Å². The second-order valence-corrected chi connectivity index (χ2v) is 5.07. The Morgan fingerprint density at radius 1 is 1.52 bits per heavy atom. The highest BCUT2D eigenvalue weighted by Gasteiger charge is 2.21. The standard InChI is InChI=1S/C14H19N3O4/c1-17(7-8-21-9-10-4-5-10)14(20)16-11-3-2-6-15-12(11)13(18)19/h2-3,6,10H,4-5,7-9H2,1H3,(H,16,20)(H,18,19). The van der Waals surface area contributed by atoms with Gasteiger partial charge in [0.25, 0.3) is 0 Å². The molecular weight excluding hydrogens is 274 g/mol. The van der Waals surface area contributed by atoms with Gasteiger partial charge in [0, 0.05) is 26.4 Å². The zero-order valence-electron chi connectivity index (χ0n) is 11.9. The molecule has 1 aromatic rings. The first kappa shape index (κ1) is 15.2. The van der Waals surface area contributed by atoms with Gasteiger partial charge in [0.1, 0.15) is 0 Å². The maximum absolute atomic E-state index is 12.0. The van der Waals surface area contributed by atoms with Gasteiger partial charge in [-0.1, -0.05) is 0 Å². The molecule has 1 heterocycles. The van der Waals surface area contributed by atoms with E-state index in [4.69, 9.17) is 9.84 Å². The Kier molecular flexibility index (Phi) is 5.10. The number of aromatic carboxylic acids is 1. The molecule has 7 nitrogen and oxygen atoms in total. The normalized spacial score (nSPS) is 13.8. The van der Waals surface area contributed by atoms with Crippen molar-refractivity contribution in [2.45, 2.75) is 12.8 Å². The van der Waals surface area contributed by atoms with E-state index in [-0.39, 0.29) is 17.4 Å². The minimum absolute atomic E-state index is 0.177. The highest BCUT2D eigenvalue weighted by atomic mass is 16.5. The third-order valence-corrected chi connectivity index (χ3v) is 3.22. The van der Waals surface area contributed by atoms with E-state index in [0.29, 0.717) is 19.1 Å². The molecule has 21 heavy (non-hydrogen) atoms. The van der Waals surface area contributed by atoms with Crippen molar-refractivity contribution in [3.8, 4) is 0 Å². The molecule has 0 radical (unpaired) electrons. The Bertz CT molecular complexity index is 517. The number of carboxylic acids is 1. The molecule has 0 saturated heterocycles. The molecule has 1 aliphatic carbocycles. The van der Waals surface area contributed by atoms with Crippen LogP contribution in [0.15, 0.2) is 18.3 Å². The second-order valence-electron chi connectivity index (χ2n) is 5.07. The maximum Gasteiger partial charge on any atom is 0.356 e. The number of carboxylic acid groups (broad SMARTS) is 1. The van der Waals surface area contributed by atoms with E-state index in [9.17, 15) is 9.59 Å². The minimum atomic E-state index is -1.18. The SMILES string of the molecule is CN(CCOCC1CC1)C(=O)Nc1cccnc1C(=O)O. The Labute approximate surface area is 122 Å². The predicted octanol–water partition coefficient (Wildman–Crippen LogP) is 1.67. The molecule has 2 amide bonds. The predicted molar refractivity (Wildman–Crippen MR) is 76.4 cm³/mol. The highest BCUT2D eigenvalue weighted by Crippen LogP contribution is 2.28. The van der Waals surface area contributed by atoms with Gasteiger partial charge in [0.05, 0.1) is 12.3 Å². The van der Waals surface area contributed by atoms with E-state index >= 15 is 0 Å². The number of carbonyl (C=O) groups excluding carboxylic acids is 1. The summed E-state index contributed by atoms with van der Waals surface area (Å²) in [6, 6.07) is 2.69. The summed E-state index contributed by atoms with van der Waals surface area (Å²) in [6.45, 7) is 1.67. The number of hydrogen-bond donors (Lipinski definition) is 2. The lowest BCUT2D eigenvalue weighted by atomic mass is 10.3. The van der Waals surface area contributed by atoms with Gasteiger partial charge in [-0.15, -0.1) is 0 Å². The number of carbonyl (C=O) groups is 2. The Morgan fingerprint density at radius 3 is 2.95 bits per heavy atom. The van der Waals surface area contributed by atoms with E-state index in [1.165, 1.54) is 30.0 Å². The van der Waals surface area contributed by atoms with Crippen molar-refractivity contribution < 1.29 is 19.4 Å². The van der Waals surface area contributed by atoms with Crippen LogP contribution in [-0.4, -0.2) is 53.8 Å². The van der Waals surface area contributed by atoms with Crippen LogP contribution < -0.4 is 5.32 Å². The lowest BCUT2D eigenvalue weighted by Gasteiger charge is -2.18. The molecule has 1 aliphatic rings. The topological polar surface area (TPSA) is 91.8 Å². The summed E-state index contributed by atoms with van der Waals surface area (Å²) in [4.78, 5) is 28.2. The van der Waals surface area contributed by atoms with Crippen molar-refractivity contribution in [2.24, 2.45) is 5.92 Å². The van der Waals surface area contributed by atoms with Crippen molar-refractivity contribution in [3.05, 3.63) is 24.0 Å². The molecule has 0 spiro atoms. The summed E-state index contributed by atoms with van der Waals surface area (Å²) in [6.07, 6.45) is 3.83. The van der Waals surface area contributed by atoms with Crippen molar-refractivity contribution in [3.63, 3.8) is 0 Å². The number of likely N-dealkylation sites (N-methyl/N-ethyl adjacent to an activating group) is 1. The van der Waals surface area contributed by atoms with Crippen LogP contribution in [0.25, 0.3) is 0 Å². The number of hydrogen-bond acceptors (Lipinski definition) is 4. The van der Waals surface area contributed by atoms with Crippen molar-refractivity contribution in [1.82, 2.24) is 9.88 Å². The first-order valence-corrected chi connectivity index (χ1v) is 6.86. The number of rotatable bonds is 7. The van der Waals surface area contributed by atoms with E-state index in [2.05, 4.69) is 10.3 Å². The first-order chi connectivity index (χ1) is 10.1. The number of amides is 2. The average molecular weight is 293 g/mol. The van der Waals surface area contributed by atoms with Crippen LogP contribution in [-0.2, 0) is 4.74 Å². The van der Waals surface area contributed by atoms with Gasteiger partial charge >= 0.3 is 12.0 Å². The smallest absolute Gasteiger partial charge is 0.356 e. The molecule has 2 N–H and O–H groups in total. The van der Waals surface area contributed by atoms with E-state index in [1.54, 1.807) is 13.1 Å². The van der Waals surface area contributed by atoms with Gasteiger partial charge in [-0.05, 0) is 30.9 Å². The number of anilines is 1. The lowest BCUT2D eigenvalue weighted by molar-refractivity contribution is 0.0691. The van der Waals surface area contributed by atoms with Gasteiger partial charge in [-0.2, -0.15) is 0 Å². The van der Waals surface area contributed by atoms with Crippen LogP contribution in [0.1, 0.15) is 23.3 Å². The molecule has 1 aromatic heterocycles. The molecule has 0 unspecified atom stereocenters. The third kappa shape index (κ3) is 4.71.